The molecule has 0 aliphatic rings. The van der Waals surface area contributed by atoms with Gasteiger partial charge in [-0.05, 0) is 11.8 Å². The lowest BCUT2D eigenvalue weighted by molar-refractivity contribution is 0.214. The van der Waals surface area contributed by atoms with Crippen LogP contribution in [-0.2, 0) is 10.2 Å². The first-order valence-corrected chi connectivity index (χ1v) is 6.59. The van der Waals surface area contributed by atoms with Gasteiger partial charge in [0.1, 0.15) is 0 Å². The summed E-state index contributed by atoms with van der Waals surface area (Å²) in [7, 11) is -3.45. The van der Waals surface area contributed by atoms with Gasteiger partial charge in [0, 0.05) is 19.2 Å². The lowest BCUT2D eigenvalue weighted by Crippen LogP contribution is -2.48. The zero-order valence-corrected chi connectivity index (χ0v) is 10.7. The fourth-order valence-electron chi connectivity index (χ4n) is 1.22. The van der Waals surface area contributed by atoms with E-state index in [4.69, 9.17) is 5.11 Å². The van der Waals surface area contributed by atoms with Gasteiger partial charge < -0.3 is 5.11 Å². The van der Waals surface area contributed by atoms with E-state index < -0.39 is 10.2 Å². The molecule has 0 saturated heterocycles. The highest BCUT2D eigenvalue weighted by Crippen LogP contribution is 2.21. The van der Waals surface area contributed by atoms with Crippen LogP contribution in [0.2, 0.25) is 0 Å². The Morgan fingerprint density at radius 1 is 1.33 bits per heavy atom. The van der Waals surface area contributed by atoms with Crippen LogP contribution in [0, 0.1) is 5.41 Å². The Morgan fingerprint density at radius 2 is 1.87 bits per heavy atom. The topological polar surface area (TPSA) is 78.4 Å². The molecular formula is C9H22N2O3S. The maximum atomic E-state index is 11.5. The molecule has 0 amide bonds. The summed E-state index contributed by atoms with van der Waals surface area (Å²) in [5, 5.41) is 8.87. The summed E-state index contributed by atoms with van der Waals surface area (Å²) in [5.74, 6) is 0. The fourth-order valence-corrected chi connectivity index (χ4v) is 2.53. The van der Waals surface area contributed by atoms with Crippen molar-refractivity contribution in [2.45, 2.75) is 40.2 Å². The maximum absolute atomic E-state index is 11.5. The molecule has 0 aliphatic heterocycles. The van der Waals surface area contributed by atoms with E-state index in [1.54, 1.807) is 6.92 Å². The van der Waals surface area contributed by atoms with Gasteiger partial charge in [-0.1, -0.05) is 27.7 Å². The molecule has 1 unspecified atom stereocenters. The van der Waals surface area contributed by atoms with Gasteiger partial charge in [0.2, 0.25) is 0 Å². The van der Waals surface area contributed by atoms with Crippen LogP contribution in [0.1, 0.15) is 34.1 Å². The monoisotopic (exact) mass is 238 g/mol. The van der Waals surface area contributed by atoms with Crippen molar-refractivity contribution in [3.8, 4) is 0 Å². The van der Waals surface area contributed by atoms with Crippen molar-refractivity contribution >= 4 is 10.2 Å². The Bertz CT molecular complexity index is 270. The highest BCUT2D eigenvalue weighted by atomic mass is 32.2. The lowest BCUT2D eigenvalue weighted by Gasteiger charge is -2.30. The van der Waals surface area contributed by atoms with Gasteiger partial charge >= 0.3 is 0 Å². The number of hydrogen-bond donors (Lipinski definition) is 3. The van der Waals surface area contributed by atoms with E-state index in [-0.39, 0.29) is 18.1 Å². The highest BCUT2D eigenvalue weighted by molar-refractivity contribution is 7.87. The van der Waals surface area contributed by atoms with Crippen LogP contribution >= 0.6 is 0 Å². The molecule has 0 spiro atoms. The summed E-state index contributed by atoms with van der Waals surface area (Å²) in [4.78, 5) is 0. The lowest BCUT2D eigenvalue weighted by atomic mass is 9.86. The molecule has 92 valence electrons. The molecule has 0 aliphatic carbocycles. The van der Waals surface area contributed by atoms with E-state index in [2.05, 4.69) is 9.44 Å². The minimum Gasteiger partial charge on any atom is -0.396 e. The van der Waals surface area contributed by atoms with E-state index in [0.717, 1.165) is 0 Å². The van der Waals surface area contributed by atoms with Gasteiger partial charge in [-0.3, -0.25) is 0 Å². The molecule has 0 rings (SSSR count). The number of aliphatic hydroxyl groups is 1. The van der Waals surface area contributed by atoms with Gasteiger partial charge in [-0.2, -0.15) is 13.1 Å². The zero-order chi connectivity index (χ0) is 12.1. The second-order valence-corrected chi connectivity index (χ2v) is 6.08. The van der Waals surface area contributed by atoms with E-state index in [1.165, 1.54) is 0 Å². The number of aliphatic hydroxyl groups excluding tert-OH is 1. The van der Waals surface area contributed by atoms with Crippen LogP contribution < -0.4 is 9.44 Å². The smallest absolute Gasteiger partial charge is 0.277 e. The Kier molecular flexibility index (Phi) is 5.72. The van der Waals surface area contributed by atoms with Crippen LogP contribution in [0.15, 0.2) is 0 Å². The second kappa shape index (κ2) is 5.79. The Labute approximate surface area is 92.4 Å². The number of rotatable bonds is 6. The van der Waals surface area contributed by atoms with Crippen LogP contribution in [0.3, 0.4) is 0 Å². The van der Waals surface area contributed by atoms with Crippen molar-refractivity contribution in [1.29, 1.82) is 0 Å². The van der Waals surface area contributed by atoms with E-state index in [1.807, 2.05) is 20.8 Å². The summed E-state index contributed by atoms with van der Waals surface area (Å²) in [6.07, 6.45) is 0.411. The first-order valence-electron chi connectivity index (χ1n) is 5.10. The second-order valence-electron chi connectivity index (χ2n) is 4.55. The molecule has 1 atom stereocenters. The molecule has 0 saturated carbocycles. The third-order valence-electron chi connectivity index (χ3n) is 2.09. The van der Waals surface area contributed by atoms with Gasteiger partial charge in [0.15, 0.2) is 0 Å². The molecule has 3 N–H and O–H groups in total. The third kappa shape index (κ3) is 6.09. The molecule has 0 aromatic heterocycles. The van der Waals surface area contributed by atoms with Gasteiger partial charge in [0.05, 0.1) is 0 Å². The van der Waals surface area contributed by atoms with Crippen LogP contribution in [-0.4, -0.2) is 32.7 Å². The minimum atomic E-state index is -3.45. The van der Waals surface area contributed by atoms with Gasteiger partial charge in [0.25, 0.3) is 10.2 Å². The predicted octanol–water partition coefficient (Wildman–Crippen LogP) is 0.227. The zero-order valence-electron chi connectivity index (χ0n) is 9.87. The molecule has 0 bridgehead atoms. The van der Waals surface area contributed by atoms with Crippen molar-refractivity contribution in [2.24, 2.45) is 5.41 Å². The molecule has 5 nitrogen and oxygen atoms in total. The molecule has 15 heavy (non-hydrogen) atoms. The van der Waals surface area contributed by atoms with E-state index in [0.29, 0.717) is 13.0 Å². The Morgan fingerprint density at radius 3 is 2.20 bits per heavy atom. The minimum absolute atomic E-state index is 0.0312. The van der Waals surface area contributed by atoms with Crippen molar-refractivity contribution in [1.82, 2.24) is 9.44 Å². The van der Waals surface area contributed by atoms with Crippen LogP contribution in [0.4, 0.5) is 0 Å². The van der Waals surface area contributed by atoms with Gasteiger partial charge in [-0.15, -0.1) is 0 Å². The van der Waals surface area contributed by atoms with Gasteiger partial charge in [-0.25, -0.2) is 4.72 Å². The maximum Gasteiger partial charge on any atom is 0.277 e. The predicted molar refractivity (Wildman–Crippen MR) is 60.7 cm³/mol. The molecule has 0 radical (unpaired) electrons. The van der Waals surface area contributed by atoms with Crippen LogP contribution in [0.5, 0.6) is 0 Å². The normalized spacial score (nSPS) is 15.3. The van der Waals surface area contributed by atoms with Crippen LogP contribution in [0.25, 0.3) is 0 Å². The number of hydrogen-bond acceptors (Lipinski definition) is 3. The Hall–Kier alpha value is -0.170. The quantitative estimate of drug-likeness (QED) is 0.620. The highest BCUT2D eigenvalue weighted by Gasteiger charge is 2.27. The average molecular weight is 238 g/mol. The SMILES string of the molecule is CCNS(=O)(=O)NC(CCO)C(C)(C)C. The molecule has 0 fully saturated rings. The van der Waals surface area contributed by atoms with E-state index in [9.17, 15) is 8.42 Å². The first kappa shape index (κ1) is 14.8. The average Bonchev–Trinajstić information content (AvgIpc) is 2.01. The molecule has 6 heteroatoms. The third-order valence-corrected chi connectivity index (χ3v) is 3.36. The van der Waals surface area contributed by atoms with Crippen molar-refractivity contribution in [3.63, 3.8) is 0 Å². The summed E-state index contributed by atoms with van der Waals surface area (Å²) in [5.41, 5.74) is -0.217. The van der Waals surface area contributed by atoms with Crippen molar-refractivity contribution < 1.29 is 13.5 Å². The molecule has 0 heterocycles. The van der Waals surface area contributed by atoms with E-state index >= 15 is 0 Å². The summed E-state index contributed by atoms with van der Waals surface area (Å²) < 4.78 is 27.8. The Balaban J connectivity index is 4.55. The standard InChI is InChI=1S/C9H22N2O3S/c1-5-10-15(13,14)11-8(6-7-12)9(2,3)4/h8,10-12H,5-7H2,1-4H3. The molecule has 0 aromatic rings. The summed E-state index contributed by atoms with van der Waals surface area (Å²) >= 11 is 0. The van der Waals surface area contributed by atoms with Crippen molar-refractivity contribution in [3.05, 3.63) is 0 Å². The fraction of sp³-hybridized carbons (Fsp3) is 1.00. The summed E-state index contributed by atoms with van der Waals surface area (Å²) in [6, 6.07) is -0.272. The van der Waals surface area contributed by atoms with Crippen molar-refractivity contribution in [2.75, 3.05) is 13.2 Å². The number of nitrogens with one attached hydrogen (secondary N) is 2. The first-order chi connectivity index (χ1) is 6.73. The molecule has 0 aromatic carbocycles. The largest absolute Gasteiger partial charge is 0.396 e. The summed E-state index contributed by atoms with van der Waals surface area (Å²) in [6.45, 7) is 7.84. The molecular weight excluding hydrogens is 216 g/mol.